The smallest absolute Gasteiger partial charge is 0.267 e. The minimum absolute atomic E-state index is 0.231. The Balaban J connectivity index is 2.16. The number of hydrogen-bond acceptors (Lipinski definition) is 6. The average molecular weight is 282 g/mol. The summed E-state index contributed by atoms with van der Waals surface area (Å²) >= 11 is 0.856. The van der Waals surface area contributed by atoms with Gasteiger partial charge in [0.25, 0.3) is 10.0 Å². The Morgan fingerprint density at radius 2 is 1.94 bits per heavy atom. The van der Waals surface area contributed by atoms with Crippen molar-refractivity contribution in [1.29, 1.82) is 0 Å². The third-order valence-corrected chi connectivity index (χ3v) is 4.18. The molecule has 3 N–H and O–H groups in total. The zero-order valence-corrected chi connectivity index (χ0v) is 10.8. The molecule has 0 saturated carbocycles. The summed E-state index contributed by atoms with van der Waals surface area (Å²) in [6.07, 6.45) is 0. The van der Waals surface area contributed by atoms with Crippen molar-refractivity contribution in [3.63, 3.8) is 0 Å². The molecule has 94 valence electrons. The number of aromatic nitrogens is 2. The van der Waals surface area contributed by atoms with E-state index in [1.165, 1.54) is 0 Å². The van der Waals surface area contributed by atoms with Crippen LogP contribution in [0.4, 0.5) is 5.13 Å². The molecule has 0 atom stereocenters. The second kappa shape index (κ2) is 4.84. The predicted molar refractivity (Wildman–Crippen MR) is 70.4 cm³/mol. The van der Waals surface area contributed by atoms with E-state index in [0.717, 1.165) is 16.9 Å². The van der Waals surface area contributed by atoms with Crippen molar-refractivity contribution >= 4 is 32.2 Å². The molecule has 0 spiro atoms. The molecule has 0 saturated heterocycles. The summed E-state index contributed by atoms with van der Waals surface area (Å²) in [6, 6.07) is 9.38. The maximum absolute atomic E-state index is 11.0. The number of sulfonamides is 1. The highest BCUT2D eigenvalue weighted by Gasteiger charge is 2.15. The zero-order chi connectivity index (χ0) is 13.2. The summed E-state index contributed by atoms with van der Waals surface area (Å²) in [5.74, 6) is 0. The third kappa shape index (κ3) is 2.92. The minimum Gasteiger partial charge on any atom is -0.330 e. The van der Waals surface area contributed by atoms with Crippen molar-refractivity contribution in [2.24, 2.45) is 5.14 Å². The van der Waals surface area contributed by atoms with Crippen LogP contribution in [0.1, 0.15) is 5.56 Å². The quantitative estimate of drug-likeness (QED) is 0.880. The second-order valence-electron chi connectivity index (χ2n) is 3.39. The van der Waals surface area contributed by atoms with E-state index in [1.54, 1.807) is 0 Å². The first-order valence-corrected chi connectivity index (χ1v) is 7.21. The Morgan fingerprint density at radius 3 is 2.50 bits per heavy atom. The summed E-state index contributed by atoms with van der Waals surface area (Å²) in [5, 5.41) is 15.3. The number of nitrogens with zero attached hydrogens (tertiary/aromatic N) is 2. The molecule has 1 aromatic heterocycles. The summed E-state index contributed by atoms with van der Waals surface area (Å²) < 4.78 is 21.8. The highest BCUT2D eigenvalue weighted by Crippen LogP contribution is 2.22. The van der Waals surface area contributed by atoms with Crippen LogP contribution in [0, 0.1) is 0 Å². The van der Waals surface area contributed by atoms with E-state index in [0.29, 0.717) is 10.8 Å². The Kier molecular flexibility index (Phi) is 3.41. The van der Waals surface area contributed by atoms with Crippen LogP contribution < -0.4 is 10.5 Å². The van der Waals surface area contributed by atoms with Gasteiger partial charge in [0.2, 0.25) is 9.47 Å². The third-order valence-electron chi connectivity index (χ3n) is 2.03. The van der Waals surface area contributed by atoms with Crippen molar-refractivity contribution in [3.05, 3.63) is 42.5 Å². The van der Waals surface area contributed by atoms with Gasteiger partial charge in [-0.15, -0.1) is 10.2 Å². The molecule has 0 amide bonds. The first kappa shape index (κ1) is 12.7. The maximum atomic E-state index is 11.0. The normalized spacial score (nSPS) is 11.2. The Labute approximate surface area is 108 Å². The highest BCUT2D eigenvalue weighted by atomic mass is 32.2. The van der Waals surface area contributed by atoms with E-state index < -0.39 is 10.0 Å². The second-order valence-corrected chi connectivity index (χ2v) is 6.10. The fourth-order valence-corrected chi connectivity index (χ4v) is 2.57. The van der Waals surface area contributed by atoms with Gasteiger partial charge in [0.05, 0.1) is 0 Å². The van der Waals surface area contributed by atoms with Crippen LogP contribution in [-0.4, -0.2) is 18.6 Å². The first-order chi connectivity index (χ1) is 8.47. The average Bonchev–Trinajstić information content (AvgIpc) is 2.78. The largest absolute Gasteiger partial charge is 0.330 e. The Hall–Kier alpha value is -1.77. The number of primary sulfonamides is 1. The lowest BCUT2D eigenvalue weighted by atomic mass is 10.2. The molecule has 0 bridgehead atoms. The first-order valence-electron chi connectivity index (χ1n) is 4.84. The van der Waals surface area contributed by atoms with Crippen molar-refractivity contribution in [1.82, 2.24) is 10.2 Å². The maximum Gasteiger partial charge on any atom is 0.267 e. The van der Waals surface area contributed by atoms with E-state index >= 15 is 0 Å². The van der Waals surface area contributed by atoms with Crippen LogP contribution in [-0.2, 0) is 10.0 Å². The standard InChI is InChI=1S/C10H10N4O2S2/c1-7(8-5-3-2-4-6-8)12-9-13-14-10(17-9)18(11,15)16/h2-6H,1H2,(H,12,13)(H2,11,15,16). The number of rotatable bonds is 4. The summed E-state index contributed by atoms with van der Waals surface area (Å²) in [4.78, 5) is 0. The van der Waals surface area contributed by atoms with Gasteiger partial charge in [0, 0.05) is 5.70 Å². The molecule has 0 radical (unpaired) electrons. The fraction of sp³-hybridized carbons (Fsp3) is 0. The van der Waals surface area contributed by atoms with Crippen LogP contribution in [0.25, 0.3) is 5.70 Å². The van der Waals surface area contributed by atoms with Crippen LogP contribution in [0.2, 0.25) is 0 Å². The fourth-order valence-electron chi connectivity index (χ4n) is 1.22. The number of hydrogen-bond donors (Lipinski definition) is 2. The van der Waals surface area contributed by atoms with E-state index in [1.807, 2.05) is 30.3 Å². The molecule has 0 aliphatic rings. The van der Waals surface area contributed by atoms with Gasteiger partial charge in [-0.05, 0) is 5.56 Å². The van der Waals surface area contributed by atoms with Crippen LogP contribution in [0.5, 0.6) is 0 Å². The molecule has 1 heterocycles. The molecule has 0 unspecified atom stereocenters. The van der Waals surface area contributed by atoms with Gasteiger partial charge >= 0.3 is 0 Å². The monoisotopic (exact) mass is 282 g/mol. The lowest BCUT2D eigenvalue weighted by molar-refractivity contribution is 0.596. The van der Waals surface area contributed by atoms with E-state index in [4.69, 9.17) is 5.14 Å². The van der Waals surface area contributed by atoms with Gasteiger partial charge < -0.3 is 5.32 Å². The number of nitrogens with two attached hydrogens (primary N) is 1. The van der Waals surface area contributed by atoms with Crippen molar-refractivity contribution < 1.29 is 8.42 Å². The van der Waals surface area contributed by atoms with Gasteiger partial charge in [-0.3, -0.25) is 0 Å². The molecule has 18 heavy (non-hydrogen) atoms. The van der Waals surface area contributed by atoms with E-state index in [2.05, 4.69) is 22.1 Å². The highest BCUT2D eigenvalue weighted by molar-refractivity contribution is 7.91. The van der Waals surface area contributed by atoms with Gasteiger partial charge in [-0.2, -0.15) is 0 Å². The molecule has 0 aliphatic heterocycles. The minimum atomic E-state index is -3.81. The topological polar surface area (TPSA) is 98.0 Å². The van der Waals surface area contributed by atoms with E-state index in [-0.39, 0.29) is 4.34 Å². The van der Waals surface area contributed by atoms with Crippen molar-refractivity contribution in [3.8, 4) is 0 Å². The van der Waals surface area contributed by atoms with Crippen LogP contribution in [0.3, 0.4) is 0 Å². The number of nitrogens with one attached hydrogen (secondary N) is 1. The molecular formula is C10H10N4O2S2. The molecule has 1 aromatic carbocycles. The lowest BCUT2D eigenvalue weighted by Crippen LogP contribution is -2.11. The van der Waals surface area contributed by atoms with Crippen LogP contribution >= 0.6 is 11.3 Å². The molecule has 6 nitrogen and oxygen atoms in total. The molecule has 0 aliphatic carbocycles. The van der Waals surface area contributed by atoms with Gasteiger partial charge in [-0.1, -0.05) is 48.2 Å². The zero-order valence-electron chi connectivity index (χ0n) is 9.20. The van der Waals surface area contributed by atoms with Gasteiger partial charge in [-0.25, -0.2) is 13.6 Å². The molecular weight excluding hydrogens is 272 g/mol. The van der Waals surface area contributed by atoms with Gasteiger partial charge in [0.1, 0.15) is 0 Å². The Morgan fingerprint density at radius 1 is 1.28 bits per heavy atom. The lowest BCUT2D eigenvalue weighted by Gasteiger charge is -2.05. The summed E-state index contributed by atoms with van der Waals surface area (Å²) in [7, 11) is -3.81. The molecule has 0 fully saturated rings. The molecule has 8 heteroatoms. The SMILES string of the molecule is C=C(Nc1nnc(S(N)(=O)=O)s1)c1ccccc1. The molecule has 2 aromatic rings. The predicted octanol–water partition coefficient (Wildman–Crippen LogP) is 1.27. The van der Waals surface area contributed by atoms with Crippen molar-refractivity contribution in [2.45, 2.75) is 4.34 Å². The van der Waals surface area contributed by atoms with Gasteiger partial charge in [0.15, 0.2) is 0 Å². The summed E-state index contributed by atoms with van der Waals surface area (Å²) in [5.41, 5.74) is 1.48. The molecule has 2 rings (SSSR count). The number of anilines is 1. The van der Waals surface area contributed by atoms with E-state index in [9.17, 15) is 8.42 Å². The van der Waals surface area contributed by atoms with Crippen LogP contribution in [0.15, 0.2) is 41.3 Å². The number of benzene rings is 1. The van der Waals surface area contributed by atoms with Crippen molar-refractivity contribution in [2.75, 3.05) is 5.32 Å². The summed E-state index contributed by atoms with van der Waals surface area (Å²) in [6.45, 7) is 3.84. The Bertz CT molecular complexity index is 664.